The van der Waals surface area contributed by atoms with Crippen LogP contribution in [-0.4, -0.2) is 15.6 Å². The Morgan fingerprint density at radius 3 is 2.45 bits per heavy atom. The second-order valence-electron chi connectivity index (χ2n) is 5.25. The molecule has 3 aromatic rings. The average molecular weight is 293 g/mol. The van der Waals surface area contributed by atoms with Crippen molar-refractivity contribution in [2.45, 2.75) is 13.8 Å². The van der Waals surface area contributed by atoms with Crippen molar-refractivity contribution in [2.75, 3.05) is 0 Å². The molecule has 1 heterocycles. The molecule has 0 aliphatic heterocycles. The van der Waals surface area contributed by atoms with Gasteiger partial charge in [0.15, 0.2) is 5.43 Å². The van der Waals surface area contributed by atoms with Gasteiger partial charge in [-0.3, -0.25) is 4.79 Å². The third-order valence-electron chi connectivity index (χ3n) is 3.86. The standard InChI is InChI=1S/C18H15NO3/c1-11-10-16(20)17(18(21)22)12(2)19(11)15-9-5-7-13-6-3-4-8-14(13)15/h3-10H,1-2H3,(H,21,22). The van der Waals surface area contributed by atoms with E-state index in [1.807, 2.05) is 54.0 Å². The Labute approximate surface area is 127 Å². The number of pyridine rings is 1. The van der Waals surface area contributed by atoms with Crippen LogP contribution in [0.25, 0.3) is 16.5 Å². The molecule has 2 aromatic carbocycles. The zero-order chi connectivity index (χ0) is 15.9. The van der Waals surface area contributed by atoms with Crippen LogP contribution in [0, 0.1) is 13.8 Å². The second kappa shape index (κ2) is 5.15. The smallest absolute Gasteiger partial charge is 0.341 e. The molecular weight excluding hydrogens is 278 g/mol. The van der Waals surface area contributed by atoms with E-state index in [0.29, 0.717) is 11.4 Å². The molecule has 0 unspecified atom stereocenters. The van der Waals surface area contributed by atoms with E-state index in [1.165, 1.54) is 6.07 Å². The molecule has 4 heteroatoms. The number of nitrogens with zero attached hydrogens (tertiary/aromatic N) is 1. The van der Waals surface area contributed by atoms with Crippen LogP contribution in [0.4, 0.5) is 0 Å². The highest BCUT2D eigenvalue weighted by Gasteiger charge is 2.18. The molecule has 0 bridgehead atoms. The van der Waals surface area contributed by atoms with Gasteiger partial charge in [0.25, 0.3) is 0 Å². The van der Waals surface area contributed by atoms with Crippen molar-refractivity contribution in [3.05, 3.63) is 75.7 Å². The lowest BCUT2D eigenvalue weighted by Crippen LogP contribution is -2.22. The molecule has 0 fully saturated rings. The molecule has 22 heavy (non-hydrogen) atoms. The summed E-state index contributed by atoms with van der Waals surface area (Å²) in [6, 6.07) is 15.1. The number of hydrogen-bond donors (Lipinski definition) is 1. The number of aryl methyl sites for hydroxylation is 1. The molecule has 110 valence electrons. The summed E-state index contributed by atoms with van der Waals surface area (Å²) in [5, 5.41) is 11.4. The minimum absolute atomic E-state index is 0.182. The van der Waals surface area contributed by atoms with Crippen LogP contribution in [0.15, 0.2) is 53.3 Å². The van der Waals surface area contributed by atoms with Crippen LogP contribution in [0.5, 0.6) is 0 Å². The van der Waals surface area contributed by atoms with Crippen molar-refractivity contribution in [1.82, 2.24) is 4.57 Å². The van der Waals surface area contributed by atoms with Gasteiger partial charge in [-0.2, -0.15) is 0 Å². The number of aromatic carboxylic acids is 1. The molecule has 1 aromatic heterocycles. The third kappa shape index (κ3) is 2.09. The minimum Gasteiger partial charge on any atom is -0.477 e. The maximum Gasteiger partial charge on any atom is 0.341 e. The largest absolute Gasteiger partial charge is 0.477 e. The van der Waals surface area contributed by atoms with Crippen molar-refractivity contribution >= 4 is 16.7 Å². The molecule has 0 saturated carbocycles. The van der Waals surface area contributed by atoms with Gasteiger partial charge in [-0.1, -0.05) is 36.4 Å². The van der Waals surface area contributed by atoms with E-state index in [0.717, 1.165) is 16.5 Å². The number of aromatic nitrogens is 1. The lowest BCUT2D eigenvalue weighted by atomic mass is 10.1. The van der Waals surface area contributed by atoms with Gasteiger partial charge in [0.1, 0.15) is 5.56 Å². The molecule has 0 amide bonds. The summed E-state index contributed by atoms with van der Waals surface area (Å²) in [5.41, 5.74) is 1.38. The van der Waals surface area contributed by atoms with Crippen LogP contribution in [0.2, 0.25) is 0 Å². The van der Waals surface area contributed by atoms with Crippen molar-refractivity contribution in [3.8, 4) is 5.69 Å². The number of carboxylic acids is 1. The highest BCUT2D eigenvalue weighted by Crippen LogP contribution is 2.25. The summed E-state index contributed by atoms with van der Waals surface area (Å²) >= 11 is 0. The maximum atomic E-state index is 12.0. The van der Waals surface area contributed by atoms with Gasteiger partial charge in [0.2, 0.25) is 0 Å². The first-order valence-corrected chi connectivity index (χ1v) is 6.95. The van der Waals surface area contributed by atoms with E-state index in [-0.39, 0.29) is 5.56 Å². The van der Waals surface area contributed by atoms with Gasteiger partial charge in [-0.05, 0) is 25.3 Å². The summed E-state index contributed by atoms with van der Waals surface area (Å²) in [6.07, 6.45) is 0. The summed E-state index contributed by atoms with van der Waals surface area (Å²) in [7, 11) is 0. The van der Waals surface area contributed by atoms with Crippen LogP contribution in [0.1, 0.15) is 21.7 Å². The summed E-state index contributed by atoms with van der Waals surface area (Å²) < 4.78 is 1.83. The Morgan fingerprint density at radius 1 is 1.05 bits per heavy atom. The number of hydrogen-bond acceptors (Lipinski definition) is 2. The van der Waals surface area contributed by atoms with E-state index in [9.17, 15) is 14.7 Å². The first kappa shape index (κ1) is 14.1. The van der Waals surface area contributed by atoms with Gasteiger partial charge in [0, 0.05) is 22.8 Å². The van der Waals surface area contributed by atoms with Gasteiger partial charge < -0.3 is 9.67 Å². The van der Waals surface area contributed by atoms with Crippen molar-refractivity contribution in [1.29, 1.82) is 0 Å². The number of fused-ring (bicyclic) bond motifs is 1. The predicted octanol–water partition coefficient (Wildman–Crippen LogP) is 3.31. The molecular formula is C18H15NO3. The summed E-state index contributed by atoms with van der Waals surface area (Å²) in [5.74, 6) is -1.20. The lowest BCUT2D eigenvalue weighted by Gasteiger charge is -2.18. The minimum atomic E-state index is -1.20. The van der Waals surface area contributed by atoms with E-state index < -0.39 is 11.4 Å². The first-order valence-electron chi connectivity index (χ1n) is 6.95. The monoisotopic (exact) mass is 293 g/mol. The van der Waals surface area contributed by atoms with Gasteiger partial charge in [0.05, 0.1) is 5.69 Å². The molecule has 0 spiro atoms. The fourth-order valence-electron chi connectivity index (χ4n) is 2.92. The average Bonchev–Trinajstić information content (AvgIpc) is 2.46. The highest BCUT2D eigenvalue weighted by molar-refractivity contribution is 5.92. The first-order chi connectivity index (χ1) is 10.5. The maximum absolute atomic E-state index is 12.0. The summed E-state index contributed by atoms with van der Waals surface area (Å²) in [6.45, 7) is 3.47. The molecule has 4 nitrogen and oxygen atoms in total. The predicted molar refractivity (Wildman–Crippen MR) is 86.0 cm³/mol. The number of rotatable bonds is 2. The Bertz CT molecular complexity index is 949. The van der Waals surface area contributed by atoms with Crippen molar-refractivity contribution in [3.63, 3.8) is 0 Å². The van der Waals surface area contributed by atoms with Gasteiger partial charge in [-0.25, -0.2) is 4.79 Å². The normalized spacial score (nSPS) is 10.8. The fourth-order valence-corrected chi connectivity index (χ4v) is 2.92. The topological polar surface area (TPSA) is 59.3 Å². The molecule has 0 aliphatic rings. The number of carboxylic acid groups (broad SMARTS) is 1. The molecule has 0 aliphatic carbocycles. The molecule has 0 saturated heterocycles. The molecule has 0 atom stereocenters. The number of carbonyl (C=O) groups is 1. The second-order valence-corrected chi connectivity index (χ2v) is 5.25. The SMILES string of the molecule is Cc1cc(=O)c(C(=O)O)c(C)n1-c1cccc2ccccc12. The van der Waals surface area contributed by atoms with E-state index in [2.05, 4.69) is 0 Å². The fraction of sp³-hybridized carbons (Fsp3) is 0.111. The lowest BCUT2D eigenvalue weighted by molar-refractivity contribution is 0.0694. The van der Waals surface area contributed by atoms with Crippen LogP contribution >= 0.6 is 0 Å². The van der Waals surface area contributed by atoms with E-state index in [1.54, 1.807) is 6.92 Å². The molecule has 1 N–H and O–H groups in total. The number of benzene rings is 2. The Hall–Kier alpha value is -2.88. The quantitative estimate of drug-likeness (QED) is 0.788. The van der Waals surface area contributed by atoms with Crippen LogP contribution < -0.4 is 5.43 Å². The van der Waals surface area contributed by atoms with Crippen LogP contribution in [-0.2, 0) is 0 Å². The Kier molecular flexibility index (Phi) is 3.29. The Balaban J connectivity index is 2.44. The summed E-state index contributed by atoms with van der Waals surface area (Å²) in [4.78, 5) is 23.3. The highest BCUT2D eigenvalue weighted by atomic mass is 16.4. The van der Waals surface area contributed by atoms with Gasteiger partial charge >= 0.3 is 5.97 Å². The molecule has 3 rings (SSSR count). The van der Waals surface area contributed by atoms with E-state index >= 15 is 0 Å². The third-order valence-corrected chi connectivity index (χ3v) is 3.86. The van der Waals surface area contributed by atoms with Crippen molar-refractivity contribution < 1.29 is 9.90 Å². The zero-order valence-corrected chi connectivity index (χ0v) is 12.3. The zero-order valence-electron chi connectivity index (χ0n) is 12.3. The van der Waals surface area contributed by atoms with E-state index in [4.69, 9.17) is 0 Å². The molecule has 0 radical (unpaired) electrons. The van der Waals surface area contributed by atoms with Crippen LogP contribution in [0.3, 0.4) is 0 Å². The Morgan fingerprint density at radius 2 is 1.73 bits per heavy atom. The van der Waals surface area contributed by atoms with Crippen molar-refractivity contribution in [2.24, 2.45) is 0 Å². The van der Waals surface area contributed by atoms with Gasteiger partial charge in [-0.15, -0.1) is 0 Å².